The summed E-state index contributed by atoms with van der Waals surface area (Å²) in [6.45, 7) is 4.82. The molecule has 0 amide bonds. The molecule has 1 aliphatic carbocycles. The number of ether oxygens (including phenoxy) is 1. The van der Waals surface area contributed by atoms with E-state index < -0.39 is 5.92 Å². The second-order valence-electron chi connectivity index (χ2n) is 6.16. The number of hydrogen-bond acceptors (Lipinski definition) is 2. The van der Waals surface area contributed by atoms with Crippen LogP contribution in [0.15, 0.2) is 18.2 Å². The minimum atomic E-state index is -2.95. The summed E-state index contributed by atoms with van der Waals surface area (Å²) >= 11 is 0. The van der Waals surface area contributed by atoms with Crippen LogP contribution in [0, 0.1) is 13.8 Å². The molecule has 2 heterocycles. The van der Waals surface area contributed by atoms with Gasteiger partial charge >= 0.3 is 0 Å². The Balaban J connectivity index is 2.06. The van der Waals surface area contributed by atoms with Gasteiger partial charge in [0, 0.05) is 31.5 Å². The number of halogens is 2. The fourth-order valence-corrected chi connectivity index (χ4v) is 2.99. The second kappa shape index (κ2) is 5.19. The van der Waals surface area contributed by atoms with Crippen LogP contribution >= 0.6 is 0 Å². The summed E-state index contributed by atoms with van der Waals surface area (Å²) in [6.07, 6.45) is 1.80. The number of aryl methyl sites for hydroxylation is 2. The molecule has 0 aliphatic heterocycles. The van der Waals surface area contributed by atoms with Gasteiger partial charge in [-0.05, 0) is 38.8 Å². The Morgan fingerprint density at radius 1 is 1.23 bits per heavy atom. The maximum Gasteiger partial charge on any atom is 0.288 e. The molecular weight excluding hydrogens is 288 g/mol. The van der Waals surface area contributed by atoms with Gasteiger partial charge in [-0.3, -0.25) is 0 Å². The normalized spacial score (nSPS) is 21.9. The first-order valence-electron chi connectivity index (χ1n) is 7.47. The molecule has 0 unspecified atom stereocenters. The summed E-state index contributed by atoms with van der Waals surface area (Å²) in [4.78, 5) is 0. The van der Waals surface area contributed by atoms with Crippen LogP contribution in [0.4, 0.5) is 8.78 Å². The fourth-order valence-electron chi connectivity index (χ4n) is 2.99. The molecule has 0 spiro atoms. The van der Waals surface area contributed by atoms with E-state index in [9.17, 15) is 8.78 Å². The third-order valence-corrected chi connectivity index (χ3v) is 4.42. The molecule has 1 saturated carbocycles. The van der Waals surface area contributed by atoms with Crippen molar-refractivity contribution in [2.45, 2.75) is 51.7 Å². The number of aromatic nitrogens is 3. The standard InChI is InChI=1S/C16H21F2N3O/c1-10-5-6-11(2)20(10)15-9-14(16(3,17)18)19-21(15)12-7-13(8-12)22-4/h5-6,9,12-13H,7-8H2,1-4H3/t12-,13-. The van der Waals surface area contributed by atoms with Crippen LogP contribution in [0.3, 0.4) is 0 Å². The fraction of sp³-hybridized carbons (Fsp3) is 0.562. The topological polar surface area (TPSA) is 32.0 Å². The van der Waals surface area contributed by atoms with Crippen LogP contribution in [0.25, 0.3) is 5.82 Å². The Morgan fingerprint density at radius 2 is 1.82 bits per heavy atom. The van der Waals surface area contributed by atoms with Crippen LogP contribution in [-0.4, -0.2) is 27.6 Å². The molecule has 22 heavy (non-hydrogen) atoms. The summed E-state index contributed by atoms with van der Waals surface area (Å²) in [6, 6.07) is 5.57. The number of methoxy groups -OCH3 is 1. The smallest absolute Gasteiger partial charge is 0.288 e. The van der Waals surface area contributed by atoms with E-state index in [0.29, 0.717) is 5.82 Å². The molecule has 0 saturated heterocycles. The summed E-state index contributed by atoms with van der Waals surface area (Å²) in [5, 5.41) is 4.20. The molecule has 0 bridgehead atoms. The highest BCUT2D eigenvalue weighted by Gasteiger charge is 2.36. The van der Waals surface area contributed by atoms with Crippen molar-refractivity contribution in [3.05, 3.63) is 35.3 Å². The van der Waals surface area contributed by atoms with E-state index in [-0.39, 0.29) is 17.8 Å². The van der Waals surface area contributed by atoms with E-state index in [2.05, 4.69) is 5.10 Å². The monoisotopic (exact) mass is 309 g/mol. The van der Waals surface area contributed by atoms with Crippen molar-refractivity contribution >= 4 is 0 Å². The third-order valence-electron chi connectivity index (χ3n) is 4.42. The van der Waals surface area contributed by atoms with Crippen molar-refractivity contribution in [1.29, 1.82) is 0 Å². The maximum absolute atomic E-state index is 13.7. The van der Waals surface area contributed by atoms with E-state index in [1.807, 2.05) is 30.5 Å². The minimum Gasteiger partial charge on any atom is -0.381 e. The highest BCUT2D eigenvalue weighted by atomic mass is 19.3. The second-order valence-corrected chi connectivity index (χ2v) is 6.16. The van der Waals surface area contributed by atoms with E-state index in [0.717, 1.165) is 31.2 Å². The van der Waals surface area contributed by atoms with Crippen LogP contribution in [0.2, 0.25) is 0 Å². The molecular formula is C16H21F2N3O. The number of rotatable bonds is 4. The first-order chi connectivity index (χ1) is 10.3. The molecule has 3 rings (SSSR count). The lowest BCUT2D eigenvalue weighted by atomic mass is 9.89. The predicted molar refractivity (Wildman–Crippen MR) is 79.7 cm³/mol. The Labute approximate surface area is 128 Å². The lowest BCUT2D eigenvalue weighted by molar-refractivity contribution is -0.00265. The van der Waals surface area contributed by atoms with Gasteiger partial charge in [0.2, 0.25) is 0 Å². The molecule has 4 nitrogen and oxygen atoms in total. The van der Waals surface area contributed by atoms with Crippen molar-refractivity contribution in [1.82, 2.24) is 14.3 Å². The Bertz CT molecular complexity index is 659. The first kappa shape index (κ1) is 15.2. The van der Waals surface area contributed by atoms with Crippen molar-refractivity contribution in [2.24, 2.45) is 0 Å². The summed E-state index contributed by atoms with van der Waals surface area (Å²) in [5.41, 5.74) is 1.83. The van der Waals surface area contributed by atoms with E-state index in [1.54, 1.807) is 11.8 Å². The van der Waals surface area contributed by atoms with Crippen molar-refractivity contribution in [3.8, 4) is 5.82 Å². The molecule has 2 aromatic rings. The van der Waals surface area contributed by atoms with Gasteiger partial charge in [0.15, 0.2) is 0 Å². The van der Waals surface area contributed by atoms with Gasteiger partial charge in [0.05, 0.1) is 12.1 Å². The van der Waals surface area contributed by atoms with Gasteiger partial charge in [-0.15, -0.1) is 0 Å². The number of nitrogens with zero attached hydrogens (tertiary/aromatic N) is 3. The van der Waals surface area contributed by atoms with Gasteiger partial charge in [-0.25, -0.2) is 4.68 Å². The lowest BCUT2D eigenvalue weighted by Gasteiger charge is -2.35. The molecule has 0 atom stereocenters. The van der Waals surface area contributed by atoms with E-state index in [1.165, 1.54) is 6.07 Å². The lowest BCUT2D eigenvalue weighted by Crippen LogP contribution is -2.34. The maximum atomic E-state index is 13.7. The zero-order chi connectivity index (χ0) is 16.1. The number of hydrogen-bond donors (Lipinski definition) is 0. The van der Waals surface area contributed by atoms with Crippen LogP contribution < -0.4 is 0 Å². The molecule has 0 N–H and O–H groups in total. The van der Waals surface area contributed by atoms with Crippen LogP contribution in [0.5, 0.6) is 0 Å². The van der Waals surface area contributed by atoms with E-state index in [4.69, 9.17) is 4.74 Å². The molecule has 6 heteroatoms. The summed E-state index contributed by atoms with van der Waals surface area (Å²) in [5.74, 6) is -2.24. The average Bonchev–Trinajstić information content (AvgIpc) is 2.92. The average molecular weight is 309 g/mol. The quantitative estimate of drug-likeness (QED) is 0.861. The van der Waals surface area contributed by atoms with Gasteiger partial charge in [-0.1, -0.05) is 0 Å². The molecule has 120 valence electrons. The highest BCUT2D eigenvalue weighted by Crippen LogP contribution is 2.38. The van der Waals surface area contributed by atoms with Crippen molar-refractivity contribution in [3.63, 3.8) is 0 Å². The summed E-state index contributed by atoms with van der Waals surface area (Å²) in [7, 11) is 1.68. The Kier molecular flexibility index (Phi) is 3.59. The summed E-state index contributed by atoms with van der Waals surface area (Å²) < 4.78 is 36.4. The van der Waals surface area contributed by atoms with Crippen LogP contribution in [-0.2, 0) is 10.7 Å². The SMILES string of the molecule is CO[C@H]1C[C@H](n2nc(C(C)(F)F)cc2-n2c(C)ccc2C)C1. The highest BCUT2D eigenvalue weighted by molar-refractivity contribution is 5.35. The van der Waals surface area contributed by atoms with Gasteiger partial charge in [0.1, 0.15) is 11.5 Å². The zero-order valence-electron chi connectivity index (χ0n) is 13.3. The van der Waals surface area contributed by atoms with Gasteiger partial charge in [-0.2, -0.15) is 13.9 Å². The molecule has 1 aliphatic rings. The molecule has 1 fully saturated rings. The largest absolute Gasteiger partial charge is 0.381 e. The zero-order valence-corrected chi connectivity index (χ0v) is 13.3. The van der Waals surface area contributed by atoms with E-state index >= 15 is 0 Å². The van der Waals surface area contributed by atoms with Crippen LogP contribution in [0.1, 0.15) is 42.9 Å². The molecule has 0 aromatic carbocycles. The Hall–Kier alpha value is -1.69. The third kappa shape index (κ3) is 2.45. The predicted octanol–water partition coefficient (Wildman–Crippen LogP) is 3.75. The molecule has 2 aromatic heterocycles. The van der Waals surface area contributed by atoms with Gasteiger partial charge < -0.3 is 9.30 Å². The van der Waals surface area contributed by atoms with Crippen molar-refractivity contribution < 1.29 is 13.5 Å². The van der Waals surface area contributed by atoms with Gasteiger partial charge in [0.25, 0.3) is 5.92 Å². The molecule has 0 radical (unpaired) electrons. The minimum absolute atomic E-state index is 0.109. The Morgan fingerprint density at radius 3 is 2.32 bits per heavy atom. The number of alkyl halides is 2. The van der Waals surface area contributed by atoms with Crippen molar-refractivity contribution in [2.75, 3.05) is 7.11 Å². The first-order valence-corrected chi connectivity index (χ1v) is 7.47.